The molecule has 1 saturated heterocycles. The van der Waals surface area contributed by atoms with E-state index in [2.05, 4.69) is 9.82 Å². The fourth-order valence-electron chi connectivity index (χ4n) is 3.63. The van der Waals surface area contributed by atoms with Crippen molar-refractivity contribution in [1.82, 2.24) is 15.6 Å². The molecule has 1 heterocycles. The highest BCUT2D eigenvalue weighted by Gasteiger charge is 2.41. The third kappa shape index (κ3) is 3.80. The van der Waals surface area contributed by atoms with Crippen LogP contribution in [0.15, 0.2) is 27.5 Å². The van der Waals surface area contributed by atoms with Crippen LogP contribution in [0.2, 0.25) is 0 Å². The van der Waals surface area contributed by atoms with Gasteiger partial charge in [0.05, 0.1) is 4.90 Å². The van der Waals surface area contributed by atoms with Crippen LogP contribution >= 0.6 is 0 Å². The van der Waals surface area contributed by atoms with Gasteiger partial charge in [0, 0.05) is 30.7 Å². The summed E-state index contributed by atoms with van der Waals surface area (Å²) in [6.45, 7) is 6.25. The summed E-state index contributed by atoms with van der Waals surface area (Å²) in [4.78, 5) is 0.160. The molecule has 0 unspecified atom stereocenters. The lowest BCUT2D eigenvalue weighted by Gasteiger charge is -2.29. The zero-order valence-corrected chi connectivity index (χ0v) is 15.7. The number of nitrogens with two attached hydrogens (primary N) is 1. The number of nitrogen functional groups attached to an aromatic ring is 1. The van der Waals surface area contributed by atoms with E-state index >= 15 is 0 Å². The van der Waals surface area contributed by atoms with E-state index in [1.54, 1.807) is 19.1 Å². The molecule has 1 aliphatic heterocycles. The molecule has 0 radical (unpaired) electrons. The van der Waals surface area contributed by atoms with Gasteiger partial charge in [0.25, 0.3) is 10.0 Å². The average molecular weight is 366 g/mol. The quantitative estimate of drug-likeness (QED) is 0.471. The van der Waals surface area contributed by atoms with Crippen molar-refractivity contribution in [2.45, 2.75) is 44.4 Å². The Kier molecular flexibility index (Phi) is 5.04. The number of hydrazine groups is 2. The van der Waals surface area contributed by atoms with Crippen LogP contribution in [-0.4, -0.2) is 44.5 Å². The first-order valence-electron chi connectivity index (χ1n) is 8.79. The minimum Gasteiger partial charge on any atom is -0.399 e. The van der Waals surface area contributed by atoms with Gasteiger partial charge < -0.3 is 5.73 Å². The van der Waals surface area contributed by atoms with Crippen molar-refractivity contribution < 1.29 is 8.42 Å². The van der Waals surface area contributed by atoms with E-state index in [-0.39, 0.29) is 4.90 Å². The Labute approximate surface area is 149 Å². The molecule has 8 heteroatoms. The van der Waals surface area contributed by atoms with Crippen molar-refractivity contribution in [1.29, 1.82) is 0 Å². The maximum atomic E-state index is 12.5. The molecule has 0 amide bonds. The van der Waals surface area contributed by atoms with E-state index in [0.29, 0.717) is 17.6 Å². The Bertz CT molecular complexity index is 756. The largest absolute Gasteiger partial charge is 0.399 e. The van der Waals surface area contributed by atoms with Crippen LogP contribution in [-0.2, 0) is 10.0 Å². The Morgan fingerprint density at radius 3 is 2.76 bits per heavy atom. The van der Waals surface area contributed by atoms with Gasteiger partial charge in [-0.05, 0) is 50.5 Å². The zero-order chi connectivity index (χ0) is 18.1. The molecule has 1 aliphatic carbocycles. The van der Waals surface area contributed by atoms with Gasteiger partial charge in [-0.3, -0.25) is 5.01 Å². The highest BCUT2D eigenvalue weighted by atomic mass is 32.2. The van der Waals surface area contributed by atoms with Gasteiger partial charge in [-0.2, -0.15) is 13.5 Å². The minimum absolute atomic E-state index is 0.160. The third-order valence-electron chi connectivity index (χ3n) is 5.28. The van der Waals surface area contributed by atoms with Gasteiger partial charge in [0.1, 0.15) is 6.34 Å². The van der Waals surface area contributed by atoms with Crippen LogP contribution < -0.4 is 11.2 Å². The van der Waals surface area contributed by atoms with Crippen molar-refractivity contribution in [3.63, 3.8) is 0 Å². The SMILES string of the molecule is CCN(C=NS(=O)(=O)c1ccc(N)c(C)c1)N1CC2(CCCC2)CN1. The lowest BCUT2D eigenvalue weighted by molar-refractivity contribution is 0.0246. The van der Waals surface area contributed by atoms with Crippen LogP contribution in [0.25, 0.3) is 0 Å². The normalized spacial score (nSPS) is 20.7. The predicted molar refractivity (Wildman–Crippen MR) is 99.3 cm³/mol. The maximum Gasteiger partial charge on any atom is 0.283 e. The molecule has 3 N–H and O–H groups in total. The van der Waals surface area contributed by atoms with Crippen LogP contribution in [0.3, 0.4) is 0 Å². The summed E-state index contributed by atoms with van der Waals surface area (Å²) in [5.74, 6) is 0. The molecule has 2 aliphatic rings. The van der Waals surface area contributed by atoms with Crippen molar-refractivity contribution >= 4 is 22.0 Å². The number of benzene rings is 1. The first kappa shape index (κ1) is 18.2. The fraction of sp³-hybridized carbons (Fsp3) is 0.588. The van der Waals surface area contributed by atoms with E-state index in [1.807, 2.05) is 17.1 Å². The summed E-state index contributed by atoms with van der Waals surface area (Å²) in [7, 11) is -3.74. The summed E-state index contributed by atoms with van der Waals surface area (Å²) >= 11 is 0. The predicted octanol–water partition coefficient (Wildman–Crippen LogP) is 1.91. The van der Waals surface area contributed by atoms with E-state index in [4.69, 9.17) is 5.73 Å². The van der Waals surface area contributed by atoms with Gasteiger partial charge in [0.2, 0.25) is 0 Å². The molecule has 3 rings (SSSR count). The summed E-state index contributed by atoms with van der Waals surface area (Å²) < 4.78 is 28.8. The molecule has 0 aromatic heterocycles. The fourth-order valence-corrected chi connectivity index (χ4v) is 4.55. The van der Waals surface area contributed by atoms with Crippen LogP contribution in [0, 0.1) is 12.3 Å². The van der Waals surface area contributed by atoms with Gasteiger partial charge >= 0.3 is 0 Å². The molecule has 138 valence electrons. The Morgan fingerprint density at radius 2 is 2.12 bits per heavy atom. The third-order valence-corrected chi connectivity index (χ3v) is 6.50. The number of rotatable bonds is 5. The number of aryl methyl sites for hydroxylation is 1. The highest BCUT2D eigenvalue weighted by molar-refractivity contribution is 7.90. The first-order valence-corrected chi connectivity index (χ1v) is 10.2. The molecular weight excluding hydrogens is 338 g/mol. The molecular formula is C17H27N5O2S. The first-order chi connectivity index (χ1) is 11.9. The minimum atomic E-state index is -3.74. The van der Waals surface area contributed by atoms with Crippen molar-refractivity contribution in [2.75, 3.05) is 25.4 Å². The highest BCUT2D eigenvalue weighted by Crippen LogP contribution is 2.40. The van der Waals surface area contributed by atoms with Crippen LogP contribution in [0.4, 0.5) is 5.69 Å². The number of hydrogen-bond donors (Lipinski definition) is 2. The topological polar surface area (TPSA) is 91.0 Å². The summed E-state index contributed by atoms with van der Waals surface area (Å²) in [5, 5.41) is 3.83. The van der Waals surface area contributed by atoms with Crippen LogP contribution in [0.5, 0.6) is 0 Å². The summed E-state index contributed by atoms with van der Waals surface area (Å²) in [5.41, 5.74) is 10.8. The van der Waals surface area contributed by atoms with Gasteiger partial charge in [-0.15, -0.1) is 4.40 Å². The second kappa shape index (κ2) is 6.93. The Hall–Kier alpha value is -1.64. The number of sulfonamides is 1. The summed E-state index contributed by atoms with van der Waals surface area (Å²) in [6, 6.07) is 4.65. The van der Waals surface area contributed by atoms with Crippen LogP contribution in [0.1, 0.15) is 38.2 Å². The van der Waals surface area contributed by atoms with E-state index < -0.39 is 10.0 Å². The molecule has 1 spiro atoms. The average Bonchev–Trinajstić information content (AvgIpc) is 3.21. The Morgan fingerprint density at radius 1 is 1.40 bits per heavy atom. The van der Waals surface area contributed by atoms with E-state index in [0.717, 1.165) is 18.7 Å². The number of hydrogen-bond acceptors (Lipinski definition) is 5. The van der Waals surface area contributed by atoms with Crippen molar-refractivity contribution in [3.05, 3.63) is 23.8 Å². The number of anilines is 1. The van der Waals surface area contributed by atoms with Gasteiger partial charge in [-0.25, -0.2) is 5.43 Å². The Balaban J connectivity index is 1.73. The monoisotopic (exact) mass is 365 g/mol. The summed E-state index contributed by atoms with van der Waals surface area (Å²) in [6.07, 6.45) is 6.42. The standard InChI is InChI=1S/C17H27N5O2S/c1-3-21(22-12-17(11-19-22)8-4-5-9-17)13-20-25(23,24)15-6-7-16(18)14(2)10-15/h6-7,10,13,19H,3-5,8-9,11-12,18H2,1-2H3. The molecule has 1 aromatic rings. The number of nitrogens with zero attached hydrogens (tertiary/aromatic N) is 3. The van der Waals surface area contributed by atoms with Gasteiger partial charge in [-0.1, -0.05) is 12.8 Å². The molecule has 1 saturated carbocycles. The molecule has 25 heavy (non-hydrogen) atoms. The number of nitrogens with one attached hydrogen (secondary N) is 1. The van der Waals surface area contributed by atoms with E-state index in [9.17, 15) is 8.42 Å². The van der Waals surface area contributed by atoms with Crippen molar-refractivity contribution in [3.8, 4) is 0 Å². The molecule has 2 fully saturated rings. The smallest absolute Gasteiger partial charge is 0.283 e. The molecule has 0 bridgehead atoms. The lowest BCUT2D eigenvalue weighted by Crippen LogP contribution is -2.46. The molecule has 7 nitrogen and oxygen atoms in total. The van der Waals surface area contributed by atoms with Gasteiger partial charge in [0.15, 0.2) is 0 Å². The van der Waals surface area contributed by atoms with Crippen molar-refractivity contribution in [2.24, 2.45) is 9.81 Å². The maximum absolute atomic E-state index is 12.5. The lowest BCUT2D eigenvalue weighted by atomic mass is 9.88. The molecule has 1 aromatic carbocycles. The molecule has 0 atom stereocenters. The second-order valence-electron chi connectivity index (χ2n) is 7.07. The van der Waals surface area contributed by atoms with E-state index in [1.165, 1.54) is 38.1 Å². The zero-order valence-electron chi connectivity index (χ0n) is 14.9. The second-order valence-corrected chi connectivity index (χ2v) is 8.70.